The maximum absolute atomic E-state index is 12.3. The molecule has 3 rings (SSSR count). The second-order valence-electron chi connectivity index (χ2n) is 8.48. The smallest absolute Gasteiger partial charge is 0.408 e. The molecule has 0 saturated carbocycles. The molecular formula is C22H30N4O4S. The number of alkyl carbamates (subject to hydrolysis) is 1. The number of aromatic nitrogens is 1. The molecule has 0 atom stereocenters. The predicted octanol–water partition coefficient (Wildman–Crippen LogP) is 2.99. The SMILES string of the molecule is CN1CCN(C(=O)COc2ccc(-c3csc(CNC(=O)OC(C)(C)C)n3)cc2)CC1. The van der Waals surface area contributed by atoms with Gasteiger partial charge in [-0.05, 0) is 52.1 Å². The first-order chi connectivity index (χ1) is 14.7. The molecule has 8 nitrogen and oxygen atoms in total. The Bertz CT molecular complexity index is 884. The first-order valence-corrected chi connectivity index (χ1v) is 11.2. The Morgan fingerprint density at radius 1 is 1.13 bits per heavy atom. The molecule has 1 aliphatic heterocycles. The Balaban J connectivity index is 1.48. The molecule has 31 heavy (non-hydrogen) atoms. The van der Waals surface area contributed by atoms with Crippen molar-refractivity contribution in [3.05, 3.63) is 34.7 Å². The molecule has 9 heteroatoms. The van der Waals surface area contributed by atoms with Crippen molar-refractivity contribution >= 4 is 23.3 Å². The molecule has 0 radical (unpaired) electrons. The summed E-state index contributed by atoms with van der Waals surface area (Å²) in [7, 11) is 2.06. The van der Waals surface area contributed by atoms with Crippen LogP contribution in [0.5, 0.6) is 5.75 Å². The van der Waals surface area contributed by atoms with Crippen molar-refractivity contribution < 1.29 is 19.1 Å². The van der Waals surface area contributed by atoms with Crippen LogP contribution in [0.4, 0.5) is 4.79 Å². The summed E-state index contributed by atoms with van der Waals surface area (Å²) in [6, 6.07) is 7.50. The van der Waals surface area contributed by atoms with Gasteiger partial charge in [-0.25, -0.2) is 9.78 Å². The monoisotopic (exact) mass is 446 g/mol. The summed E-state index contributed by atoms with van der Waals surface area (Å²) in [4.78, 5) is 32.7. The number of ether oxygens (including phenoxy) is 2. The van der Waals surface area contributed by atoms with E-state index in [1.165, 1.54) is 11.3 Å². The van der Waals surface area contributed by atoms with Crippen LogP contribution in [0.25, 0.3) is 11.3 Å². The minimum absolute atomic E-state index is 0.0128. The number of carbonyl (C=O) groups is 2. The number of benzene rings is 1. The largest absolute Gasteiger partial charge is 0.484 e. The molecular weight excluding hydrogens is 416 g/mol. The van der Waals surface area contributed by atoms with Gasteiger partial charge in [0.1, 0.15) is 16.4 Å². The average Bonchev–Trinajstić information content (AvgIpc) is 3.19. The van der Waals surface area contributed by atoms with Crippen LogP contribution < -0.4 is 10.1 Å². The van der Waals surface area contributed by atoms with Crippen molar-refractivity contribution in [1.82, 2.24) is 20.1 Å². The van der Waals surface area contributed by atoms with Crippen LogP contribution in [0.3, 0.4) is 0 Å². The van der Waals surface area contributed by atoms with E-state index in [0.29, 0.717) is 12.3 Å². The maximum atomic E-state index is 12.3. The number of carbonyl (C=O) groups excluding carboxylic acids is 2. The van der Waals surface area contributed by atoms with E-state index in [9.17, 15) is 9.59 Å². The number of piperazine rings is 1. The minimum atomic E-state index is -0.531. The molecule has 0 bridgehead atoms. The summed E-state index contributed by atoms with van der Waals surface area (Å²) < 4.78 is 10.9. The normalized spacial score (nSPS) is 14.9. The van der Waals surface area contributed by atoms with Crippen LogP contribution in [0.2, 0.25) is 0 Å². The molecule has 1 fully saturated rings. The van der Waals surface area contributed by atoms with E-state index in [-0.39, 0.29) is 12.5 Å². The van der Waals surface area contributed by atoms with Gasteiger partial charge in [-0.3, -0.25) is 4.79 Å². The molecule has 1 N–H and O–H groups in total. The molecule has 1 saturated heterocycles. The van der Waals surface area contributed by atoms with Crippen molar-refractivity contribution in [2.45, 2.75) is 32.9 Å². The lowest BCUT2D eigenvalue weighted by atomic mass is 10.2. The third-order valence-corrected chi connectivity index (χ3v) is 5.55. The van der Waals surface area contributed by atoms with Crippen molar-refractivity contribution in [3.63, 3.8) is 0 Å². The zero-order valence-electron chi connectivity index (χ0n) is 18.5. The third kappa shape index (κ3) is 7.22. The minimum Gasteiger partial charge on any atom is -0.484 e. The van der Waals surface area contributed by atoms with Gasteiger partial charge in [-0.2, -0.15) is 0 Å². The van der Waals surface area contributed by atoms with Crippen LogP contribution in [0, 0.1) is 0 Å². The number of amides is 2. The Morgan fingerprint density at radius 2 is 1.81 bits per heavy atom. The van der Waals surface area contributed by atoms with Crippen molar-refractivity contribution in [2.75, 3.05) is 39.8 Å². The topological polar surface area (TPSA) is 84.0 Å². The fourth-order valence-electron chi connectivity index (χ4n) is 3.00. The highest BCUT2D eigenvalue weighted by atomic mass is 32.1. The van der Waals surface area contributed by atoms with Crippen molar-refractivity contribution in [3.8, 4) is 17.0 Å². The van der Waals surface area contributed by atoms with Crippen LogP contribution in [-0.2, 0) is 16.1 Å². The second-order valence-corrected chi connectivity index (χ2v) is 9.42. The van der Waals surface area contributed by atoms with E-state index < -0.39 is 11.7 Å². The van der Waals surface area contributed by atoms with Crippen LogP contribution in [0.15, 0.2) is 29.6 Å². The number of likely N-dealkylation sites (N-methyl/N-ethyl adjacent to an activating group) is 1. The molecule has 168 valence electrons. The highest BCUT2D eigenvalue weighted by Crippen LogP contribution is 2.24. The van der Waals surface area contributed by atoms with Crippen LogP contribution in [0.1, 0.15) is 25.8 Å². The third-order valence-electron chi connectivity index (χ3n) is 4.70. The van der Waals surface area contributed by atoms with E-state index in [4.69, 9.17) is 9.47 Å². The Morgan fingerprint density at radius 3 is 2.45 bits per heavy atom. The first kappa shape index (κ1) is 23.0. The fraction of sp³-hybridized carbons (Fsp3) is 0.500. The molecule has 0 aliphatic carbocycles. The lowest BCUT2D eigenvalue weighted by Crippen LogP contribution is -2.48. The van der Waals surface area contributed by atoms with Crippen molar-refractivity contribution in [1.29, 1.82) is 0 Å². The Hall–Kier alpha value is -2.65. The number of nitrogens with zero attached hydrogens (tertiary/aromatic N) is 3. The molecule has 1 aromatic heterocycles. The number of thiazole rings is 1. The zero-order chi connectivity index (χ0) is 22.4. The summed E-state index contributed by atoms with van der Waals surface area (Å²) in [6.45, 7) is 9.10. The first-order valence-electron chi connectivity index (χ1n) is 10.3. The predicted molar refractivity (Wildman–Crippen MR) is 120 cm³/mol. The van der Waals surface area contributed by atoms with Crippen LogP contribution >= 0.6 is 11.3 Å². The van der Waals surface area contributed by atoms with Gasteiger partial charge >= 0.3 is 6.09 Å². The van der Waals surface area contributed by atoms with Gasteiger partial charge in [-0.15, -0.1) is 11.3 Å². The van der Waals surface area contributed by atoms with Gasteiger partial charge in [0.2, 0.25) is 0 Å². The van der Waals surface area contributed by atoms with Gasteiger partial charge in [0.15, 0.2) is 6.61 Å². The Labute approximate surface area is 187 Å². The highest BCUT2D eigenvalue weighted by Gasteiger charge is 2.19. The van der Waals surface area contributed by atoms with E-state index in [2.05, 4.69) is 22.2 Å². The number of nitrogens with one attached hydrogen (secondary N) is 1. The summed E-state index contributed by atoms with van der Waals surface area (Å²) in [5, 5.41) is 5.45. The molecule has 2 amide bonds. The van der Waals surface area contributed by atoms with Gasteiger partial charge in [-0.1, -0.05) is 0 Å². The summed E-state index contributed by atoms with van der Waals surface area (Å²) >= 11 is 1.47. The van der Waals surface area contributed by atoms with Gasteiger partial charge in [0.25, 0.3) is 5.91 Å². The number of hydrogen-bond donors (Lipinski definition) is 1. The number of rotatable bonds is 6. The molecule has 1 aliphatic rings. The van der Waals surface area contributed by atoms with E-state index in [1.54, 1.807) is 0 Å². The maximum Gasteiger partial charge on any atom is 0.408 e. The summed E-state index contributed by atoms with van der Waals surface area (Å²) in [5.74, 6) is 0.659. The molecule has 0 unspecified atom stereocenters. The van der Waals surface area contributed by atoms with E-state index >= 15 is 0 Å². The standard InChI is InChI=1S/C22H30N4O4S/c1-22(2,3)30-21(28)23-13-19-24-18(15-31-19)16-5-7-17(8-6-16)29-14-20(27)26-11-9-25(4)10-12-26/h5-8,15H,9-14H2,1-4H3,(H,23,28). The quantitative estimate of drug-likeness (QED) is 0.734. The highest BCUT2D eigenvalue weighted by molar-refractivity contribution is 7.09. The average molecular weight is 447 g/mol. The molecule has 2 aromatic rings. The fourth-order valence-corrected chi connectivity index (χ4v) is 3.74. The summed E-state index contributed by atoms with van der Waals surface area (Å²) in [5.41, 5.74) is 1.24. The van der Waals surface area contributed by atoms with Crippen molar-refractivity contribution in [2.24, 2.45) is 0 Å². The van der Waals surface area contributed by atoms with Gasteiger partial charge in [0.05, 0.1) is 12.2 Å². The van der Waals surface area contributed by atoms with Gasteiger partial charge in [0, 0.05) is 37.1 Å². The Kier molecular flexibility index (Phi) is 7.50. The molecule has 2 heterocycles. The number of hydrogen-bond acceptors (Lipinski definition) is 7. The van der Waals surface area contributed by atoms with E-state index in [1.807, 2.05) is 55.3 Å². The zero-order valence-corrected chi connectivity index (χ0v) is 19.3. The second kappa shape index (κ2) is 10.1. The lowest BCUT2D eigenvalue weighted by Gasteiger charge is -2.32. The van der Waals surface area contributed by atoms with Gasteiger partial charge < -0.3 is 24.6 Å². The lowest BCUT2D eigenvalue weighted by molar-refractivity contribution is -0.134. The molecule has 1 aromatic carbocycles. The van der Waals surface area contributed by atoms with Crippen LogP contribution in [-0.4, -0.2) is 72.2 Å². The summed E-state index contributed by atoms with van der Waals surface area (Å²) in [6.07, 6.45) is -0.461. The van der Waals surface area contributed by atoms with E-state index in [0.717, 1.165) is 42.4 Å². The molecule has 0 spiro atoms.